The molecule has 1 aromatic carbocycles. The molecule has 4 nitrogen and oxygen atoms in total. The fraction of sp³-hybridized carbons (Fsp3) is 0.600. The quantitative estimate of drug-likeness (QED) is 0.872. The highest BCUT2D eigenvalue weighted by Gasteiger charge is 2.27. The van der Waals surface area contributed by atoms with Crippen molar-refractivity contribution in [3.63, 3.8) is 0 Å². The van der Waals surface area contributed by atoms with Crippen LogP contribution in [0.15, 0.2) is 23.1 Å². The second-order valence-electron chi connectivity index (χ2n) is 5.64. The van der Waals surface area contributed by atoms with E-state index in [9.17, 15) is 8.42 Å². The maximum atomic E-state index is 12.8. The van der Waals surface area contributed by atoms with Crippen LogP contribution in [0.1, 0.15) is 37.8 Å². The molecule has 0 aromatic heterocycles. The van der Waals surface area contributed by atoms with Crippen LogP contribution in [0.3, 0.4) is 0 Å². The minimum absolute atomic E-state index is 0.0557. The summed E-state index contributed by atoms with van der Waals surface area (Å²) in [5.74, 6) is 0. The van der Waals surface area contributed by atoms with Crippen LogP contribution in [0.25, 0.3) is 0 Å². The Hall–Kier alpha value is -0.910. The highest BCUT2D eigenvalue weighted by molar-refractivity contribution is 7.89. The molecule has 1 aliphatic rings. The summed E-state index contributed by atoms with van der Waals surface area (Å²) < 4.78 is 27.1. The fourth-order valence-electron chi connectivity index (χ4n) is 2.75. The second-order valence-corrected chi connectivity index (χ2v) is 7.53. The first-order valence-electron chi connectivity index (χ1n) is 7.30. The third-order valence-electron chi connectivity index (χ3n) is 3.84. The summed E-state index contributed by atoms with van der Waals surface area (Å²) in [6, 6.07) is 5.52. The normalized spacial score (nSPS) is 15.1. The van der Waals surface area contributed by atoms with Crippen LogP contribution in [0, 0.1) is 0 Å². The molecule has 20 heavy (non-hydrogen) atoms. The summed E-state index contributed by atoms with van der Waals surface area (Å²) in [4.78, 5) is 0.420. The van der Waals surface area contributed by atoms with Gasteiger partial charge in [0.05, 0.1) is 4.90 Å². The van der Waals surface area contributed by atoms with Crippen LogP contribution in [0.5, 0.6) is 0 Å². The minimum Gasteiger partial charge on any atom is -0.330 e. The predicted molar refractivity (Wildman–Crippen MR) is 81.2 cm³/mol. The molecule has 1 aromatic rings. The number of aryl methyl sites for hydroxylation is 2. The van der Waals surface area contributed by atoms with Gasteiger partial charge in [-0.05, 0) is 69.3 Å². The average Bonchev–Trinajstić information content (AvgIpc) is 2.85. The Bertz CT molecular complexity index is 567. The Kier molecular flexibility index (Phi) is 4.83. The number of hydrogen-bond donors (Lipinski definition) is 1. The molecule has 0 unspecified atom stereocenters. The molecule has 1 aliphatic carbocycles. The zero-order chi connectivity index (χ0) is 14.8. The van der Waals surface area contributed by atoms with Crippen molar-refractivity contribution in [1.29, 1.82) is 0 Å². The maximum Gasteiger partial charge on any atom is 0.243 e. The van der Waals surface area contributed by atoms with Gasteiger partial charge in [-0.25, -0.2) is 8.42 Å². The molecule has 5 heteroatoms. The van der Waals surface area contributed by atoms with Crippen LogP contribution in [0.2, 0.25) is 0 Å². The number of rotatable bonds is 6. The molecule has 0 saturated carbocycles. The lowest BCUT2D eigenvalue weighted by molar-refractivity contribution is 0.351. The van der Waals surface area contributed by atoms with Gasteiger partial charge in [-0.2, -0.15) is 4.31 Å². The van der Waals surface area contributed by atoms with Crippen LogP contribution >= 0.6 is 0 Å². The molecule has 0 amide bonds. The zero-order valence-corrected chi connectivity index (χ0v) is 13.1. The molecule has 2 N–H and O–H groups in total. The third-order valence-corrected chi connectivity index (χ3v) is 5.91. The zero-order valence-electron chi connectivity index (χ0n) is 12.3. The van der Waals surface area contributed by atoms with E-state index in [1.54, 1.807) is 10.4 Å². The first kappa shape index (κ1) is 15.5. The number of fused-ring (bicyclic) bond motifs is 1. The Morgan fingerprint density at radius 2 is 1.95 bits per heavy atom. The van der Waals surface area contributed by atoms with Gasteiger partial charge in [0.25, 0.3) is 0 Å². The second kappa shape index (κ2) is 6.24. The predicted octanol–water partition coefficient (Wildman–Crippen LogP) is 1.92. The molecule has 0 saturated heterocycles. The molecular weight excluding hydrogens is 272 g/mol. The molecular formula is C15H24N2O2S. The van der Waals surface area contributed by atoms with E-state index >= 15 is 0 Å². The van der Waals surface area contributed by atoms with Gasteiger partial charge < -0.3 is 5.73 Å². The molecule has 0 radical (unpaired) electrons. The van der Waals surface area contributed by atoms with Crippen molar-refractivity contribution in [2.24, 2.45) is 5.73 Å². The lowest BCUT2D eigenvalue weighted by Crippen LogP contribution is -2.38. The fourth-order valence-corrected chi connectivity index (χ4v) is 4.47. The van der Waals surface area contributed by atoms with Gasteiger partial charge in [0.2, 0.25) is 10.0 Å². The van der Waals surface area contributed by atoms with E-state index in [-0.39, 0.29) is 6.04 Å². The van der Waals surface area contributed by atoms with Crippen LogP contribution < -0.4 is 5.73 Å². The number of nitrogens with two attached hydrogens (primary N) is 1. The summed E-state index contributed by atoms with van der Waals surface area (Å²) in [6.07, 6.45) is 3.86. The van der Waals surface area contributed by atoms with E-state index in [1.165, 1.54) is 11.1 Å². The minimum atomic E-state index is -3.42. The van der Waals surface area contributed by atoms with Gasteiger partial charge in [0, 0.05) is 12.6 Å². The van der Waals surface area contributed by atoms with Crippen molar-refractivity contribution in [3.8, 4) is 0 Å². The monoisotopic (exact) mass is 296 g/mol. The Morgan fingerprint density at radius 1 is 1.25 bits per heavy atom. The van der Waals surface area contributed by atoms with Crippen molar-refractivity contribution in [3.05, 3.63) is 29.3 Å². The lowest BCUT2D eigenvalue weighted by atomic mass is 10.1. The lowest BCUT2D eigenvalue weighted by Gasteiger charge is -2.26. The van der Waals surface area contributed by atoms with Crippen LogP contribution in [-0.2, 0) is 22.9 Å². The topological polar surface area (TPSA) is 63.4 Å². The first-order chi connectivity index (χ1) is 9.46. The van der Waals surface area contributed by atoms with Crippen molar-refractivity contribution < 1.29 is 8.42 Å². The molecule has 112 valence electrons. The highest BCUT2D eigenvalue weighted by Crippen LogP contribution is 2.27. The van der Waals surface area contributed by atoms with E-state index in [1.807, 2.05) is 26.0 Å². The highest BCUT2D eigenvalue weighted by atomic mass is 32.2. The number of hydrogen-bond acceptors (Lipinski definition) is 3. The molecule has 0 bridgehead atoms. The van der Waals surface area contributed by atoms with Crippen molar-refractivity contribution >= 4 is 10.0 Å². The van der Waals surface area contributed by atoms with E-state index in [4.69, 9.17) is 5.73 Å². The van der Waals surface area contributed by atoms with E-state index in [2.05, 4.69) is 0 Å². The summed E-state index contributed by atoms with van der Waals surface area (Å²) in [5, 5.41) is 0. The molecule has 2 rings (SSSR count). The maximum absolute atomic E-state index is 12.8. The standard InChI is InChI=1S/C15H24N2O2S/c1-12(2)17(10-4-9-16)20(18,19)15-8-7-13-5-3-6-14(13)11-15/h7-8,11-12H,3-6,9-10,16H2,1-2H3. The van der Waals surface area contributed by atoms with Gasteiger partial charge >= 0.3 is 0 Å². The molecule has 0 aliphatic heterocycles. The SMILES string of the molecule is CC(C)N(CCCN)S(=O)(=O)c1ccc2c(c1)CCC2. The number of sulfonamides is 1. The van der Waals surface area contributed by atoms with Gasteiger partial charge in [0.15, 0.2) is 0 Å². The van der Waals surface area contributed by atoms with Crippen molar-refractivity contribution in [2.75, 3.05) is 13.1 Å². The smallest absolute Gasteiger partial charge is 0.243 e. The number of benzene rings is 1. The van der Waals surface area contributed by atoms with Gasteiger partial charge in [0.1, 0.15) is 0 Å². The molecule has 0 heterocycles. The largest absolute Gasteiger partial charge is 0.330 e. The van der Waals surface area contributed by atoms with Gasteiger partial charge in [-0.15, -0.1) is 0 Å². The molecule has 0 spiro atoms. The molecule has 0 atom stereocenters. The van der Waals surface area contributed by atoms with Gasteiger partial charge in [-0.1, -0.05) is 6.07 Å². The Balaban J connectivity index is 2.32. The van der Waals surface area contributed by atoms with Crippen LogP contribution in [-0.4, -0.2) is 31.9 Å². The van der Waals surface area contributed by atoms with Gasteiger partial charge in [-0.3, -0.25) is 0 Å². The van der Waals surface area contributed by atoms with E-state index < -0.39 is 10.0 Å². The van der Waals surface area contributed by atoms with Crippen molar-refractivity contribution in [1.82, 2.24) is 4.31 Å². The average molecular weight is 296 g/mol. The van der Waals surface area contributed by atoms with Crippen LogP contribution in [0.4, 0.5) is 0 Å². The van der Waals surface area contributed by atoms with E-state index in [0.717, 1.165) is 19.3 Å². The Labute approximate surface area is 122 Å². The molecule has 0 fully saturated rings. The van der Waals surface area contributed by atoms with Crippen molar-refractivity contribution in [2.45, 2.75) is 50.5 Å². The Morgan fingerprint density at radius 3 is 2.60 bits per heavy atom. The summed E-state index contributed by atoms with van der Waals surface area (Å²) >= 11 is 0. The van der Waals surface area contributed by atoms with E-state index in [0.29, 0.717) is 24.4 Å². The third kappa shape index (κ3) is 3.05. The summed E-state index contributed by atoms with van der Waals surface area (Å²) in [7, 11) is -3.42. The summed E-state index contributed by atoms with van der Waals surface area (Å²) in [6.45, 7) is 4.79. The first-order valence-corrected chi connectivity index (χ1v) is 8.74. The number of nitrogens with zero attached hydrogens (tertiary/aromatic N) is 1. The summed E-state index contributed by atoms with van der Waals surface area (Å²) in [5.41, 5.74) is 7.99.